The minimum Gasteiger partial charge on any atom is -0.507 e. The number of rotatable bonds is 3. The molecule has 1 aliphatic carbocycles. The van der Waals surface area contributed by atoms with Gasteiger partial charge in [0.05, 0.1) is 0 Å². The first-order chi connectivity index (χ1) is 8.16. The molecule has 94 valence electrons. The molecule has 2 N–H and O–H groups in total. The summed E-state index contributed by atoms with van der Waals surface area (Å²) in [5.41, 5.74) is 1.98. The van der Waals surface area contributed by atoms with Gasteiger partial charge in [-0.1, -0.05) is 25.1 Å². The van der Waals surface area contributed by atoms with Crippen molar-refractivity contribution in [3.63, 3.8) is 0 Å². The number of hydrogen-bond donors (Lipinski definition) is 2. The number of benzene rings is 1. The van der Waals surface area contributed by atoms with E-state index in [0.29, 0.717) is 11.8 Å². The van der Waals surface area contributed by atoms with Crippen molar-refractivity contribution in [3.05, 3.63) is 29.3 Å². The van der Waals surface area contributed by atoms with Gasteiger partial charge in [-0.05, 0) is 44.1 Å². The molecule has 1 aromatic rings. The topological polar surface area (TPSA) is 32.3 Å². The SMILES string of the molecule is Cc1cccc(CNC2CCC(C)CC2)c1O. The van der Waals surface area contributed by atoms with E-state index in [1.807, 2.05) is 25.1 Å². The predicted octanol–water partition coefficient (Wildman–Crippen LogP) is 3.37. The molecule has 2 rings (SSSR count). The van der Waals surface area contributed by atoms with Crippen molar-refractivity contribution in [1.29, 1.82) is 0 Å². The van der Waals surface area contributed by atoms with Gasteiger partial charge in [0, 0.05) is 18.2 Å². The molecule has 2 heteroatoms. The molecule has 1 aromatic carbocycles. The van der Waals surface area contributed by atoms with Crippen molar-refractivity contribution in [1.82, 2.24) is 5.32 Å². The van der Waals surface area contributed by atoms with E-state index in [1.165, 1.54) is 25.7 Å². The third kappa shape index (κ3) is 3.22. The summed E-state index contributed by atoms with van der Waals surface area (Å²) in [6.07, 6.45) is 5.20. The van der Waals surface area contributed by atoms with Crippen LogP contribution in [0.3, 0.4) is 0 Å². The summed E-state index contributed by atoms with van der Waals surface area (Å²) in [5.74, 6) is 1.34. The molecule has 2 nitrogen and oxygen atoms in total. The van der Waals surface area contributed by atoms with Crippen molar-refractivity contribution in [2.45, 2.75) is 52.1 Å². The summed E-state index contributed by atoms with van der Waals surface area (Å²) in [7, 11) is 0. The Morgan fingerprint density at radius 3 is 2.65 bits per heavy atom. The van der Waals surface area contributed by atoms with E-state index in [-0.39, 0.29) is 0 Å². The van der Waals surface area contributed by atoms with Gasteiger partial charge < -0.3 is 10.4 Å². The zero-order valence-electron chi connectivity index (χ0n) is 10.9. The second kappa shape index (κ2) is 5.54. The molecule has 0 saturated heterocycles. The third-order valence-corrected chi connectivity index (χ3v) is 3.92. The first-order valence-corrected chi connectivity index (χ1v) is 6.67. The summed E-state index contributed by atoms with van der Waals surface area (Å²) in [6.45, 7) is 5.07. The molecule has 0 radical (unpaired) electrons. The van der Waals surface area contributed by atoms with Gasteiger partial charge in [-0.25, -0.2) is 0 Å². The van der Waals surface area contributed by atoms with Crippen molar-refractivity contribution < 1.29 is 5.11 Å². The molecule has 0 bridgehead atoms. The second-order valence-electron chi connectivity index (χ2n) is 5.42. The number of nitrogens with one attached hydrogen (secondary N) is 1. The largest absolute Gasteiger partial charge is 0.507 e. The van der Waals surface area contributed by atoms with E-state index in [2.05, 4.69) is 12.2 Å². The molecule has 0 atom stereocenters. The van der Waals surface area contributed by atoms with Gasteiger partial charge in [0.25, 0.3) is 0 Å². The standard InChI is InChI=1S/C15H23NO/c1-11-6-8-14(9-7-11)16-10-13-5-3-4-12(2)15(13)17/h3-5,11,14,16-17H,6-10H2,1-2H3. The highest BCUT2D eigenvalue weighted by molar-refractivity contribution is 5.39. The van der Waals surface area contributed by atoms with E-state index < -0.39 is 0 Å². The molecule has 0 unspecified atom stereocenters. The molecule has 0 amide bonds. The molecule has 0 aliphatic heterocycles. The number of hydrogen-bond acceptors (Lipinski definition) is 2. The Labute approximate surface area is 104 Å². The first-order valence-electron chi connectivity index (χ1n) is 6.67. The molecule has 1 aliphatic rings. The molecule has 1 fully saturated rings. The number of aromatic hydroxyl groups is 1. The number of phenols is 1. The minimum absolute atomic E-state index is 0.448. The van der Waals surface area contributed by atoms with Crippen LogP contribution < -0.4 is 5.32 Å². The Kier molecular flexibility index (Phi) is 4.06. The Hall–Kier alpha value is -1.02. The third-order valence-electron chi connectivity index (χ3n) is 3.92. The van der Waals surface area contributed by atoms with Gasteiger partial charge in [0.2, 0.25) is 0 Å². The maximum Gasteiger partial charge on any atom is 0.122 e. The van der Waals surface area contributed by atoms with Crippen LogP contribution in [0, 0.1) is 12.8 Å². The van der Waals surface area contributed by atoms with Crippen LogP contribution in [0.15, 0.2) is 18.2 Å². The molecule has 0 aromatic heterocycles. The average Bonchev–Trinajstić information content (AvgIpc) is 2.33. The molecular formula is C15H23NO. The highest BCUT2D eigenvalue weighted by Gasteiger charge is 2.17. The smallest absolute Gasteiger partial charge is 0.122 e. The van der Waals surface area contributed by atoms with Crippen LogP contribution >= 0.6 is 0 Å². The number of para-hydroxylation sites is 1. The highest BCUT2D eigenvalue weighted by Crippen LogP contribution is 2.25. The fourth-order valence-corrected chi connectivity index (χ4v) is 2.58. The maximum atomic E-state index is 9.93. The molecule has 17 heavy (non-hydrogen) atoms. The lowest BCUT2D eigenvalue weighted by Crippen LogP contribution is -2.32. The summed E-state index contributed by atoms with van der Waals surface area (Å²) >= 11 is 0. The summed E-state index contributed by atoms with van der Waals surface area (Å²) < 4.78 is 0. The van der Waals surface area contributed by atoms with Crippen LogP contribution in [0.5, 0.6) is 5.75 Å². The normalized spacial score (nSPS) is 24.8. The van der Waals surface area contributed by atoms with Crippen molar-refractivity contribution in [3.8, 4) is 5.75 Å². The van der Waals surface area contributed by atoms with E-state index in [9.17, 15) is 5.11 Å². The Morgan fingerprint density at radius 2 is 1.94 bits per heavy atom. The van der Waals surface area contributed by atoms with E-state index in [0.717, 1.165) is 23.6 Å². The van der Waals surface area contributed by atoms with Crippen molar-refractivity contribution in [2.75, 3.05) is 0 Å². The van der Waals surface area contributed by atoms with Crippen molar-refractivity contribution in [2.24, 2.45) is 5.92 Å². The van der Waals surface area contributed by atoms with Gasteiger partial charge in [-0.2, -0.15) is 0 Å². The van der Waals surface area contributed by atoms with Gasteiger partial charge in [-0.3, -0.25) is 0 Å². The first kappa shape index (κ1) is 12.4. The van der Waals surface area contributed by atoms with Crippen LogP contribution in [0.25, 0.3) is 0 Å². The Bertz CT molecular complexity index is 367. The molecular weight excluding hydrogens is 210 g/mol. The lowest BCUT2D eigenvalue weighted by Gasteiger charge is -2.27. The summed E-state index contributed by atoms with van der Waals surface area (Å²) in [6, 6.07) is 6.59. The Balaban J connectivity index is 1.87. The van der Waals surface area contributed by atoms with Crippen molar-refractivity contribution >= 4 is 0 Å². The van der Waals surface area contributed by atoms with E-state index in [4.69, 9.17) is 0 Å². The average molecular weight is 233 g/mol. The maximum absolute atomic E-state index is 9.93. The monoisotopic (exact) mass is 233 g/mol. The highest BCUT2D eigenvalue weighted by atomic mass is 16.3. The quantitative estimate of drug-likeness (QED) is 0.839. The van der Waals surface area contributed by atoms with Crippen LogP contribution in [0.1, 0.15) is 43.7 Å². The molecule has 0 heterocycles. The lowest BCUT2D eigenvalue weighted by atomic mass is 9.87. The summed E-state index contributed by atoms with van der Waals surface area (Å²) in [4.78, 5) is 0. The molecule has 1 saturated carbocycles. The number of aryl methyl sites for hydroxylation is 1. The minimum atomic E-state index is 0.448. The lowest BCUT2D eigenvalue weighted by molar-refractivity contribution is 0.305. The van der Waals surface area contributed by atoms with Gasteiger partial charge >= 0.3 is 0 Å². The fraction of sp³-hybridized carbons (Fsp3) is 0.600. The van der Waals surface area contributed by atoms with Crippen LogP contribution in [-0.2, 0) is 6.54 Å². The zero-order valence-corrected chi connectivity index (χ0v) is 10.9. The molecule has 0 spiro atoms. The fourth-order valence-electron chi connectivity index (χ4n) is 2.58. The van der Waals surface area contributed by atoms with Crippen LogP contribution in [0.4, 0.5) is 0 Å². The Morgan fingerprint density at radius 1 is 1.24 bits per heavy atom. The second-order valence-corrected chi connectivity index (χ2v) is 5.42. The number of phenolic OH excluding ortho intramolecular Hbond substituents is 1. The summed E-state index contributed by atoms with van der Waals surface area (Å²) in [5, 5.41) is 13.5. The van der Waals surface area contributed by atoms with Gasteiger partial charge in [-0.15, -0.1) is 0 Å². The van der Waals surface area contributed by atoms with E-state index >= 15 is 0 Å². The van der Waals surface area contributed by atoms with Gasteiger partial charge in [0.1, 0.15) is 5.75 Å². The van der Waals surface area contributed by atoms with E-state index in [1.54, 1.807) is 0 Å². The van der Waals surface area contributed by atoms with Crippen LogP contribution in [-0.4, -0.2) is 11.1 Å². The zero-order chi connectivity index (χ0) is 12.3. The van der Waals surface area contributed by atoms with Gasteiger partial charge in [0.15, 0.2) is 0 Å². The van der Waals surface area contributed by atoms with Crippen LogP contribution in [0.2, 0.25) is 0 Å². The predicted molar refractivity (Wildman–Crippen MR) is 71.1 cm³/mol.